The quantitative estimate of drug-likeness (QED) is 0.270. The Morgan fingerprint density at radius 2 is 1.70 bits per heavy atom. The molecule has 0 heterocycles. The molecule has 1 unspecified atom stereocenters. The van der Waals surface area contributed by atoms with Crippen molar-refractivity contribution in [2.24, 2.45) is 0 Å². The van der Waals surface area contributed by atoms with Crippen LogP contribution in [-0.2, 0) is 6.42 Å². The number of nitro benzene ring substituents is 1. The van der Waals surface area contributed by atoms with Crippen molar-refractivity contribution in [3.05, 3.63) is 75.0 Å². The monoisotopic (exact) mass is 314 g/mol. The van der Waals surface area contributed by atoms with Gasteiger partial charge in [-0.3, -0.25) is 10.1 Å². The first-order valence-electron chi connectivity index (χ1n) is 7.17. The molecular formula is C17H18N2O4. The summed E-state index contributed by atoms with van der Waals surface area (Å²) in [4.78, 5) is 10.1. The van der Waals surface area contributed by atoms with Crippen LogP contribution in [0.4, 0.5) is 5.69 Å². The van der Waals surface area contributed by atoms with Crippen molar-refractivity contribution in [2.75, 3.05) is 7.11 Å². The Bertz CT molecular complexity index is 694. The van der Waals surface area contributed by atoms with E-state index in [4.69, 9.17) is 4.74 Å². The molecule has 0 bridgehead atoms. The number of hydrogen-bond acceptors (Lipinski definition) is 4. The maximum atomic E-state index is 12.2. The van der Waals surface area contributed by atoms with Crippen LogP contribution < -0.4 is 4.74 Å². The van der Waals surface area contributed by atoms with Gasteiger partial charge in [-0.1, -0.05) is 12.1 Å². The number of methoxy groups -OCH3 is 1. The van der Waals surface area contributed by atoms with E-state index < -0.39 is 4.92 Å². The molecule has 0 fully saturated rings. The molecule has 0 spiro atoms. The highest BCUT2D eigenvalue weighted by atomic mass is 16.6. The number of rotatable bonds is 6. The zero-order valence-electron chi connectivity index (χ0n) is 13.0. The van der Waals surface area contributed by atoms with Crippen LogP contribution in [0.3, 0.4) is 0 Å². The van der Waals surface area contributed by atoms with E-state index in [9.17, 15) is 15.3 Å². The third-order valence-corrected chi connectivity index (χ3v) is 3.50. The highest BCUT2D eigenvalue weighted by Crippen LogP contribution is 2.14. The summed E-state index contributed by atoms with van der Waals surface area (Å²) in [6, 6.07) is 13.2. The summed E-state index contributed by atoms with van der Waals surface area (Å²) in [6.45, 7) is 1.83. The molecule has 0 saturated heterocycles. The first-order valence-corrected chi connectivity index (χ1v) is 7.17. The molecule has 0 aliphatic carbocycles. The second kappa shape index (κ2) is 7.40. The van der Waals surface area contributed by atoms with Crippen molar-refractivity contribution in [3.8, 4) is 5.75 Å². The summed E-state index contributed by atoms with van der Waals surface area (Å²) < 4.78 is 5.97. The lowest BCUT2D eigenvalue weighted by molar-refractivity contribution is -0.491. The molecule has 120 valence electrons. The standard InChI is InChI=1S/C17H18N2O4/c1-13(11-14-5-9-17(23-2)10-6-14)18(20)12-15-3-7-16(8-4-15)19(21)22/h3-10,12-13H,11H2,1-2H3/b18-12-. The van der Waals surface area contributed by atoms with Crippen molar-refractivity contribution in [2.45, 2.75) is 19.4 Å². The van der Waals surface area contributed by atoms with Crippen LogP contribution >= 0.6 is 0 Å². The van der Waals surface area contributed by atoms with E-state index >= 15 is 0 Å². The minimum absolute atomic E-state index is 0.00544. The van der Waals surface area contributed by atoms with Crippen molar-refractivity contribution in [3.63, 3.8) is 0 Å². The van der Waals surface area contributed by atoms with Gasteiger partial charge in [-0.2, -0.15) is 0 Å². The number of non-ortho nitro benzene ring substituents is 1. The predicted molar refractivity (Wildman–Crippen MR) is 88.0 cm³/mol. The molecular weight excluding hydrogens is 296 g/mol. The average molecular weight is 314 g/mol. The molecule has 0 N–H and O–H groups in total. The lowest BCUT2D eigenvalue weighted by atomic mass is 10.1. The third-order valence-electron chi connectivity index (χ3n) is 3.50. The zero-order chi connectivity index (χ0) is 16.8. The summed E-state index contributed by atoms with van der Waals surface area (Å²) in [6.07, 6.45) is 2.04. The molecule has 0 aliphatic rings. The van der Waals surface area contributed by atoms with Gasteiger partial charge in [0.15, 0.2) is 12.3 Å². The fourth-order valence-electron chi connectivity index (χ4n) is 2.15. The Morgan fingerprint density at radius 3 is 2.22 bits per heavy atom. The van der Waals surface area contributed by atoms with Gasteiger partial charge in [0.1, 0.15) is 5.75 Å². The van der Waals surface area contributed by atoms with Crippen molar-refractivity contribution >= 4 is 11.9 Å². The Kier molecular flexibility index (Phi) is 5.30. The lowest BCUT2D eigenvalue weighted by Gasteiger charge is -2.13. The van der Waals surface area contributed by atoms with Crippen LogP contribution in [-0.4, -0.2) is 29.0 Å². The summed E-state index contributed by atoms with van der Waals surface area (Å²) in [5.74, 6) is 0.776. The van der Waals surface area contributed by atoms with Gasteiger partial charge in [-0.25, -0.2) is 4.74 Å². The van der Waals surface area contributed by atoms with Crippen LogP contribution in [0.15, 0.2) is 48.5 Å². The largest absolute Gasteiger partial charge is 0.624 e. The Balaban J connectivity index is 2.05. The average Bonchev–Trinajstić information content (AvgIpc) is 2.56. The van der Waals surface area contributed by atoms with Gasteiger partial charge in [-0.05, 0) is 36.8 Å². The highest BCUT2D eigenvalue weighted by Gasteiger charge is 2.11. The zero-order valence-corrected chi connectivity index (χ0v) is 13.0. The maximum Gasteiger partial charge on any atom is 0.269 e. The van der Waals surface area contributed by atoms with Crippen LogP contribution in [0.2, 0.25) is 0 Å². The molecule has 2 rings (SSSR count). The van der Waals surface area contributed by atoms with Crippen molar-refractivity contribution < 1.29 is 14.4 Å². The van der Waals surface area contributed by atoms with E-state index in [-0.39, 0.29) is 11.7 Å². The molecule has 2 aromatic rings. The summed E-state index contributed by atoms with van der Waals surface area (Å²) >= 11 is 0. The molecule has 2 aromatic carbocycles. The molecule has 6 nitrogen and oxygen atoms in total. The predicted octanol–water partition coefficient (Wildman–Crippen LogP) is 3.16. The second-order valence-corrected chi connectivity index (χ2v) is 5.24. The van der Waals surface area contributed by atoms with Crippen LogP contribution in [0.5, 0.6) is 5.75 Å². The molecule has 0 aromatic heterocycles. The number of ether oxygens (including phenoxy) is 1. The Morgan fingerprint density at radius 1 is 1.09 bits per heavy atom. The lowest BCUT2D eigenvalue weighted by Crippen LogP contribution is -2.21. The Hall–Kier alpha value is -2.89. The minimum Gasteiger partial charge on any atom is -0.624 e. The van der Waals surface area contributed by atoms with E-state index in [1.165, 1.54) is 18.3 Å². The third kappa shape index (κ3) is 4.54. The van der Waals surface area contributed by atoms with Gasteiger partial charge >= 0.3 is 0 Å². The number of hydrogen-bond donors (Lipinski definition) is 0. The number of nitro groups is 1. The van der Waals surface area contributed by atoms with Gasteiger partial charge < -0.3 is 9.94 Å². The van der Waals surface area contributed by atoms with Gasteiger partial charge in [-0.15, -0.1) is 0 Å². The Labute approximate surface area is 134 Å². The number of hydroxylamine groups is 1. The van der Waals surface area contributed by atoms with E-state index in [2.05, 4.69) is 0 Å². The number of nitrogens with zero attached hydrogens (tertiary/aromatic N) is 2. The van der Waals surface area contributed by atoms with E-state index in [1.54, 1.807) is 19.2 Å². The van der Waals surface area contributed by atoms with Gasteiger partial charge in [0.25, 0.3) is 5.69 Å². The molecule has 0 saturated carbocycles. The van der Waals surface area contributed by atoms with E-state index in [0.717, 1.165) is 16.1 Å². The molecule has 1 atom stereocenters. The summed E-state index contributed by atoms with van der Waals surface area (Å²) in [5.41, 5.74) is 1.68. The van der Waals surface area contributed by atoms with Gasteiger partial charge in [0, 0.05) is 24.1 Å². The maximum absolute atomic E-state index is 12.2. The van der Waals surface area contributed by atoms with Gasteiger partial charge in [0.2, 0.25) is 0 Å². The van der Waals surface area contributed by atoms with E-state index in [0.29, 0.717) is 12.0 Å². The van der Waals surface area contributed by atoms with Crippen LogP contribution in [0.25, 0.3) is 0 Å². The normalized spacial score (nSPS) is 12.7. The molecule has 0 amide bonds. The smallest absolute Gasteiger partial charge is 0.269 e. The summed E-state index contributed by atoms with van der Waals surface area (Å²) in [7, 11) is 1.61. The topological polar surface area (TPSA) is 78.4 Å². The fraction of sp³-hybridized carbons (Fsp3) is 0.235. The van der Waals surface area contributed by atoms with Crippen LogP contribution in [0.1, 0.15) is 18.1 Å². The molecule has 6 heteroatoms. The van der Waals surface area contributed by atoms with Crippen molar-refractivity contribution in [1.82, 2.24) is 0 Å². The first kappa shape index (κ1) is 16.5. The molecule has 23 heavy (non-hydrogen) atoms. The second-order valence-electron chi connectivity index (χ2n) is 5.24. The highest BCUT2D eigenvalue weighted by molar-refractivity contribution is 5.76. The van der Waals surface area contributed by atoms with Crippen molar-refractivity contribution in [1.29, 1.82) is 0 Å². The SMILES string of the molecule is COc1ccc(CC(C)/[N+]([O-])=C/c2ccc([N+](=O)[O-])cc2)cc1. The van der Waals surface area contributed by atoms with Crippen LogP contribution in [0, 0.1) is 15.3 Å². The molecule has 0 radical (unpaired) electrons. The first-order chi connectivity index (χ1) is 11.0. The number of benzene rings is 2. The minimum atomic E-state index is -0.467. The fourth-order valence-corrected chi connectivity index (χ4v) is 2.15. The van der Waals surface area contributed by atoms with E-state index in [1.807, 2.05) is 31.2 Å². The summed E-state index contributed by atoms with van der Waals surface area (Å²) in [5, 5.41) is 22.8. The molecule has 0 aliphatic heterocycles. The van der Waals surface area contributed by atoms with Gasteiger partial charge in [0.05, 0.1) is 12.0 Å².